The summed E-state index contributed by atoms with van der Waals surface area (Å²) in [6.07, 6.45) is 1.23. The van der Waals surface area contributed by atoms with Gasteiger partial charge in [0.25, 0.3) is 0 Å². The van der Waals surface area contributed by atoms with Gasteiger partial charge in [-0.15, -0.1) is 0 Å². The zero-order valence-corrected chi connectivity index (χ0v) is 13.4. The Morgan fingerprint density at radius 2 is 1.81 bits per heavy atom. The van der Waals surface area contributed by atoms with Gasteiger partial charge in [0.15, 0.2) is 0 Å². The van der Waals surface area contributed by atoms with Crippen LogP contribution in [0, 0.1) is 0 Å². The summed E-state index contributed by atoms with van der Waals surface area (Å²) in [4.78, 5) is 0. The van der Waals surface area contributed by atoms with Gasteiger partial charge < -0.3 is 10.1 Å². The van der Waals surface area contributed by atoms with Crippen molar-refractivity contribution in [3.8, 4) is 5.75 Å². The van der Waals surface area contributed by atoms with Crippen LogP contribution >= 0.6 is 11.6 Å². The third kappa shape index (κ3) is 4.88. The number of nitrogens with one attached hydrogen (secondary N) is 1. The number of hydrogen-bond donors (Lipinski definition) is 1. The van der Waals surface area contributed by atoms with Gasteiger partial charge in [-0.05, 0) is 12.1 Å². The maximum absolute atomic E-state index is 11.0. The highest BCUT2D eigenvalue weighted by molar-refractivity contribution is 7.90. The van der Waals surface area contributed by atoms with Crippen molar-refractivity contribution in [1.29, 1.82) is 0 Å². The van der Waals surface area contributed by atoms with Crippen LogP contribution in [-0.2, 0) is 9.84 Å². The van der Waals surface area contributed by atoms with E-state index in [0.717, 1.165) is 16.5 Å². The molecule has 0 aliphatic carbocycles. The van der Waals surface area contributed by atoms with Crippen LogP contribution in [0.5, 0.6) is 5.75 Å². The second-order valence-electron chi connectivity index (χ2n) is 4.82. The van der Waals surface area contributed by atoms with E-state index in [-0.39, 0.29) is 5.75 Å². The van der Waals surface area contributed by atoms with E-state index in [2.05, 4.69) is 5.32 Å². The molecule has 0 heterocycles. The van der Waals surface area contributed by atoms with Crippen LogP contribution in [0.2, 0.25) is 5.02 Å². The van der Waals surface area contributed by atoms with E-state index in [1.54, 1.807) is 0 Å². The van der Waals surface area contributed by atoms with Crippen LogP contribution in [0.4, 0.5) is 0 Å². The standard InChI is InChI=1S/C15H18ClNO3S/c1-21(18,19)11-9-17-8-10-20-15-7-6-14(16)12-4-2-3-5-13(12)15/h2-7,17H,8-11H2,1H3. The van der Waals surface area contributed by atoms with Gasteiger partial charge in [0.1, 0.15) is 22.2 Å². The van der Waals surface area contributed by atoms with Crippen molar-refractivity contribution in [3.63, 3.8) is 0 Å². The molecule has 114 valence electrons. The first-order chi connectivity index (χ1) is 9.97. The summed E-state index contributed by atoms with van der Waals surface area (Å²) in [5, 5.41) is 5.67. The Hall–Kier alpha value is -1.30. The zero-order chi connectivity index (χ0) is 15.3. The Bertz CT molecular complexity index is 716. The molecular formula is C15H18ClNO3S. The molecule has 0 saturated heterocycles. The summed E-state index contributed by atoms with van der Waals surface area (Å²) in [7, 11) is -2.92. The van der Waals surface area contributed by atoms with Crippen LogP contribution in [0.1, 0.15) is 0 Å². The largest absolute Gasteiger partial charge is 0.492 e. The van der Waals surface area contributed by atoms with Gasteiger partial charge in [0.2, 0.25) is 0 Å². The molecule has 6 heteroatoms. The van der Waals surface area contributed by atoms with E-state index in [4.69, 9.17) is 16.3 Å². The minimum atomic E-state index is -2.92. The van der Waals surface area contributed by atoms with Gasteiger partial charge in [0, 0.05) is 35.1 Å². The maximum atomic E-state index is 11.0. The van der Waals surface area contributed by atoms with Gasteiger partial charge in [-0.2, -0.15) is 0 Å². The van der Waals surface area contributed by atoms with Crippen LogP contribution in [0.15, 0.2) is 36.4 Å². The number of hydrogen-bond acceptors (Lipinski definition) is 4. The Morgan fingerprint density at radius 3 is 2.52 bits per heavy atom. The van der Waals surface area contributed by atoms with Crippen molar-refractivity contribution in [2.45, 2.75) is 0 Å². The average Bonchev–Trinajstić information content (AvgIpc) is 2.44. The number of rotatable bonds is 7. The smallest absolute Gasteiger partial charge is 0.148 e. The van der Waals surface area contributed by atoms with Gasteiger partial charge >= 0.3 is 0 Å². The Kier molecular flexibility index (Phi) is 5.45. The first kappa shape index (κ1) is 16.1. The lowest BCUT2D eigenvalue weighted by molar-refractivity contribution is 0.319. The summed E-state index contributed by atoms with van der Waals surface area (Å²) in [6, 6.07) is 11.5. The minimum absolute atomic E-state index is 0.136. The van der Waals surface area contributed by atoms with Gasteiger partial charge in [-0.25, -0.2) is 8.42 Å². The number of benzene rings is 2. The maximum Gasteiger partial charge on any atom is 0.148 e. The molecule has 0 bridgehead atoms. The Morgan fingerprint density at radius 1 is 1.10 bits per heavy atom. The van der Waals surface area contributed by atoms with E-state index in [1.807, 2.05) is 36.4 Å². The molecule has 0 atom stereocenters. The van der Waals surface area contributed by atoms with Crippen molar-refractivity contribution in [1.82, 2.24) is 5.32 Å². The lowest BCUT2D eigenvalue weighted by Crippen LogP contribution is -2.26. The number of halogens is 1. The fourth-order valence-electron chi connectivity index (χ4n) is 1.98. The third-order valence-corrected chi connectivity index (χ3v) is 4.29. The van der Waals surface area contributed by atoms with Crippen molar-refractivity contribution < 1.29 is 13.2 Å². The predicted molar refractivity (Wildman–Crippen MR) is 87.0 cm³/mol. The zero-order valence-electron chi connectivity index (χ0n) is 11.8. The van der Waals surface area contributed by atoms with E-state index in [1.165, 1.54) is 6.26 Å². The van der Waals surface area contributed by atoms with Crippen LogP contribution in [0.25, 0.3) is 10.8 Å². The van der Waals surface area contributed by atoms with Crippen molar-refractivity contribution in [3.05, 3.63) is 41.4 Å². The van der Waals surface area contributed by atoms with Crippen LogP contribution in [0.3, 0.4) is 0 Å². The molecule has 0 spiro atoms. The molecule has 2 aromatic rings. The highest BCUT2D eigenvalue weighted by atomic mass is 35.5. The highest BCUT2D eigenvalue weighted by Gasteiger charge is 2.05. The lowest BCUT2D eigenvalue weighted by atomic mass is 10.1. The SMILES string of the molecule is CS(=O)(=O)CCNCCOc1ccc(Cl)c2ccccc12. The number of sulfone groups is 1. The molecule has 0 radical (unpaired) electrons. The second-order valence-corrected chi connectivity index (χ2v) is 7.49. The molecule has 4 nitrogen and oxygen atoms in total. The number of fused-ring (bicyclic) bond motifs is 1. The molecule has 0 aliphatic heterocycles. The number of ether oxygens (including phenoxy) is 1. The van der Waals surface area contributed by atoms with Crippen molar-refractivity contribution in [2.24, 2.45) is 0 Å². The fourth-order valence-corrected chi connectivity index (χ4v) is 2.72. The molecule has 2 aromatic carbocycles. The van der Waals surface area contributed by atoms with Gasteiger partial charge in [-0.1, -0.05) is 35.9 Å². The van der Waals surface area contributed by atoms with E-state index < -0.39 is 9.84 Å². The van der Waals surface area contributed by atoms with Gasteiger partial charge in [0.05, 0.1) is 5.75 Å². The Labute approximate surface area is 130 Å². The van der Waals surface area contributed by atoms with E-state index in [0.29, 0.717) is 24.7 Å². The fraction of sp³-hybridized carbons (Fsp3) is 0.333. The topological polar surface area (TPSA) is 55.4 Å². The molecule has 0 fully saturated rings. The molecule has 0 amide bonds. The highest BCUT2D eigenvalue weighted by Crippen LogP contribution is 2.31. The van der Waals surface area contributed by atoms with Crippen molar-refractivity contribution in [2.75, 3.05) is 31.7 Å². The first-order valence-electron chi connectivity index (χ1n) is 6.66. The molecule has 0 aliphatic rings. The third-order valence-electron chi connectivity index (χ3n) is 3.02. The normalized spacial score (nSPS) is 11.7. The Balaban J connectivity index is 1.88. The lowest BCUT2D eigenvalue weighted by Gasteiger charge is -2.10. The summed E-state index contributed by atoms with van der Waals surface area (Å²) in [5.74, 6) is 0.913. The molecule has 0 aromatic heterocycles. The quantitative estimate of drug-likeness (QED) is 0.794. The molecule has 21 heavy (non-hydrogen) atoms. The predicted octanol–water partition coefficient (Wildman–Crippen LogP) is 2.51. The molecular weight excluding hydrogens is 310 g/mol. The monoisotopic (exact) mass is 327 g/mol. The van der Waals surface area contributed by atoms with Crippen LogP contribution in [-0.4, -0.2) is 40.1 Å². The first-order valence-corrected chi connectivity index (χ1v) is 9.10. The summed E-state index contributed by atoms with van der Waals surface area (Å²) in [5.41, 5.74) is 0. The van der Waals surface area contributed by atoms with Gasteiger partial charge in [-0.3, -0.25) is 0 Å². The summed E-state index contributed by atoms with van der Waals surface area (Å²) < 4.78 is 27.7. The molecule has 1 N–H and O–H groups in total. The van der Waals surface area contributed by atoms with Crippen LogP contribution < -0.4 is 10.1 Å². The minimum Gasteiger partial charge on any atom is -0.492 e. The van der Waals surface area contributed by atoms with E-state index >= 15 is 0 Å². The summed E-state index contributed by atoms with van der Waals surface area (Å²) in [6.45, 7) is 1.49. The average molecular weight is 328 g/mol. The van der Waals surface area contributed by atoms with E-state index in [9.17, 15) is 8.42 Å². The molecule has 0 unspecified atom stereocenters. The van der Waals surface area contributed by atoms with Crippen molar-refractivity contribution >= 4 is 32.2 Å². The summed E-state index contributed by atoms with van der Waals surface area (Å²) >= 11 is 6.15. The molecule has 0 saturated carbocycles. The second kappa shape index (κ2) is 7.11. The molecule has 2 rings (SSSR count).